The molecule has 0 bridgehead atoms. The van der Waals surface area contributed by atoms with E-state index >= 15 is 0 Å². The topological polar surface area (TPSA) is 172 Å². The Balaban J connectivity index is 2.16. The van der Waals surface area contributed by atoms with Gasteiger partial charge in [0.25, 0.3) is 8.53 Å². The molecule has 242 valence electrons. The summed E-state index contributed by atoms with van der Waals surface area (Å²) in [5, 5.41) is 11.6. The molecule has 1 aliphatic carbocycles. The molecule has 14 nitrogen and oxygen atoms in total. The SMILES string of the molecule is CC(=O)NC1=C(OCCCCOP(OCCC#N)N(C(C)C)C(C)C)OC(COC(C)=O)C2(OC(C)=O)C(OC(C)=O)C12. The van der Waals surface area contributed by atoms with Crippen LogP contribution in [0.2, 0.25) is 0 Å². The van der Waals surface area contributed by atoms with Crippen LogP contribution < -0.4 is 5.32 Å². The van der Waals surface area contributed by atoms with Crippen LogP contribution in [0.5, 0.6) is 0 Å². The van der Waals surface area contributed by atoms with Crippen LogP contribution in [0.25, 0.3) is 0 Å². The van der Waals surface area contributed by atoms with Crippen LogP contribution in [0, 0.1) is 17.2 Å². The number of esters is 3. The van der Waals surface area contributed by atoms with Crippen LogP contribution >= 0.6 is 8.53 Å². The van der Waals surface area contributed by atoms with Gasteiger partial charge in [-0.05, 0) is 40.5 Å². The smallest absolute Gasteiger partial charge is 0.303 e. The first-order valence-electron chi connectivity index (χ1n) is 14.3. The van der Waals surface area contributed by atoms with Gasteiger partial charge in [0, 0.05) is 39.8 Å². The summed E-state index contributed by atoms with van der Waals surface area (Å²) in [6.07, 6.45) is -0.677. The molecule has 43 heavy (non-hydrogen) atoms. The molecule has 15 heteroatoms. The number of carbonyl (C=O) groups excluding carboxylic acids is 4. The Hall–Kier alpha value is -2.98. The van der Waals surface area contributed by atoms with Crippen molar-refractivity contribution in [2.45, 2.75) is 105 Å². The van der Waals surface area contributed by atoms with E-state index in [-0.39, 0.29) is 50.0 Å². The molecule has 5 unspecified atom stereocenters. The Labute approximate surface area is 254 Å². The lowest BCUT2D eigenvalue weighted by Gasteiger charge is -2.35. The Kier molecular flexibility index (Phi) is 14.1. The zero-order valence-corrected chi connectivity index (χ0v) is 27.1. The van der Waals surface area contributed by atoms with Gasteiger partial charge < -0.3 is 38.0 Å². The van der Waals surface area contributed by atoms with Gasteiger partial charge >= 0.3 is 23.9 Å². The largest absolute Gasteiger partial charge is 0.464 e. The van der Waals surface area contributed by atoms with Gasteiger partial charge in [-0.25, -0.2) is 4.67 Å². The summed E-state index contributed by atoms with van der Waals surface area (Å²) in [5.74, 6) is -3.21. The summed E-state index contributed by atoms with van der Waals surface area (Å²) >= 11 is 0. The van der Waals surface area contributed by atoms with Crippen LogP contribution in [0.15, 0.2) is 11.6 Å². The van der Waals surface area contributed by atoms with E-state index < -0.39 is 56.1 Å². The number of unbranched alkanes of at least 4 members (excludes halogenated alkanes) is 1. The molecule has 0 aromatic heterocycles. The van der Waals surface area contributed by atoms with E-state index in [1.165, 1.54) is 27.7 Å². The van der Waals surface area contributed by atoms with Gasteiger partial charge in [0.2, 0.25) is 11.5 Å². The number of nitrogens with one attached hydrogen (secondary N) is 1. The van der Waals surface area contributed by atoms with E-state index in [4.69, 9.17) is 38.0 Å². The first-order chi connectivity index (χ1) is 20.3. The molecule has 0 aromatic rings. The maximum atomic E-state index is 12.1. The van der Waals surface area contributed by atoms with E-state index in [1.54, 1.807) is 0 Å². The predicted octanol–water partition coefficient (Wildman–Crippen LogP) is 3.21. The van der Waals surface area contributed by atoms with Crippen molar-refractivity contribution in [2.75, 3.05) is 26.4 Å². The van der Waals surface area contributed by atoms with Gasteiger partial charge in [0.1, 0.15) is 12.3 Å². The molecule has 1 heterocycles. The second-order valence-electron chi connectivity index (χ2n) is 10.7. The number of carbonyl (C=O) groups is 4. The summed E-state index contributed by atoms with van der Waals surface area (Å²) in [4.78, 5) is 47.7. The van der Waals surface area contributed by atoms with E-state index in [0.717, 1.165) is 0 Å². The number of amides is 1. The van der Waals surface area contributed by atoms with Crippen LogP contribution in [-0.2, 0) is 51.9 Å². The number of nitrogens with zero attached hydrogens (tertiary/aromatic N) is 2. The summed E-state index contributed by atoms with van der Waals surface area (Å²) in [5.41, 5.74) is -1.36. The van der Waals surface area contributed by atoms with Gasteiger partial charge in [-0.2, -0.15) is 5.26 Å². The third-order valence-corrected chi connectivity index (χ3v) is 8.51. The Morgan fingerprint density at radius 3 is 2.14 bits per heavy atom. The molecule has 2 rings (SSSR count). The lowest BCUT2D eigenvalue weighted by molar-refractivity contribution is -0.182. The van der Waals surface area contributed by atoms with Crippen molar-refractivity contribution in [1.82, 2.24) is 9.99 Å². The first-order valence-corrected chi connectivity index (χ1v) is 15.4. The zero-order chi connectivity index (χ0) is 32.3. The lowest BCUT2D eigenvalue weighted by atomic mass is 10.1. The third-order valence-electron chi connectivity index (χ3n) is 6.41. The maximum Gasteiger partial charge on any atom is 0.303 e. The first kappa shape index (κ1) is 36.2. The Bertz CT molecular complexity index is 1070. The average molecular weight is 630 g/mol. The van der Waals surface area contributed by atoms with Crippen molar-refractivity contribution in [3.05, 3.63) is 11.6 Å². The minimum atomic E-state index is -1.52. The molecule has 1 aliphatic heterocycles. The molecule has 1 amide bonds. The molecule has 2 aliphatic rings. The number of hydrogen-bond acceptors (Lipinski definition) is 13. The fraction of sp³-hybridized carbons (Fsp3) is 0.750. The van der Waals surface area contributed by atoms with Gasteiger partial charge in [0.15, 0.2) is 12.2 Å². The number of nitriles is 1. The molecule has 5 atom stereocenters. The third kappa shape index (κ3) is 10.0. The fourth-order valence-corrected chi connectivity index (χ4v) is 6.54. The summed E-state index contributed by atoms with van der Waals surface area (Å²) in [7, 11) is -1.37. The van der Waals surface area contributed by atoms with E-state index in [0.29, 0.717) is 19.4 Å². The Morgan fingerprint density at radius 1 is 0.977 bits per heavy atom. The van der Waals surface area contributed by atoms with Crippen molar-refractivity contribution in [2.24, 2.45) is 5.92 Å². The molecule has 0 spiro atoms. The van der Waals surface area contributed by atoms with Crippen molar-refractivity contribution in [3.8, 4) is 6.07 Å². The highest BCUT2D eigenvalue weighted by atomic mass is 31.2. The second kappa shape index (κ2) is 16.8. The standard InChI is InChI=1S/C28H44N3O11P/c1-17(2)31(18(3)4)43(39-15-11-12-29)38-14-10-9-13-36-27-25(30-19(5)32)24-26(40-21(7)34)28(24,42-22(8)35)23(41-27)16-37-20(6)33/h17-18,23-24,26H,9-11,13-16H2,1-8H3,(H,30,32). The molecular formula is C28H44N3O11P. The molecule has 1 saturated carbocycles. The van der Waals surface area contributed by atoms with Gasteiger partial charge in [0.05, 0.1) is 38.2 Å². The molecular weight excluding hydrogens is 585 g/mol. The van der Waals surface area contributed by atoms with Gasteiger partial charge in [-0.15, -0.1) is 0 Å². The number of hydrogen-bond donors (Lipinski definition) is 1. The second-order valence-corrected chi connectivity index (χ2v) is 12.1. The van der Waals surface area contributed by atoms with Crippen LogP contribution in [0.3, 0.4) is 0 Å². The van der Waals surface area contributed by atoms with Crippen LogP contribution in [0.4, 0.5) is 0 Å². The molecule has 0 radical (unpaired) electrons. The maximum absolute atomic E-state index is 12.1. The number of ether oxygens (including phenoxy) is 5. The van der Waals surface area contributed by atoms with Gasteiger partial charge in [-0.1, -0.05) is 0 Å². The highest BCUT2D eigenvalue weighted by Crippen LogP contribution is 2.59. The average Bonchev–Trinajstić information content (AvgIpc) is 3.50. The van der Waals surface area contributed by atoms with Crippen molar-refractivity contribution >= 4 is 32.3 Å². The van der Waals surface area contributed by atoms with E-state index in [9.17, 15) is 19.2 Å². The quantitative estimate of drug-likeness (QED) is 0.101. The highest BCUT2D eigenvalue weighted by molar-refractivity contribution is 7.44. The number of fused-ring (bicyclic) bond motifs is 1. The molecule has 0 aromatic carbocycles. The van der Waals surface area contributed by atoms with E-state index in [2.05, 4.69) is 43.8 Å². The van der Waals surface area contributed by atoms with Crippen molar-refractivity contribution in [3.63, 3.8) is 0 Å². The van der Waals surface area contributed by atoms with Crippen molar-refractivity contribution in [1.29, 1.82) is 5.26 Å². The summed E-state index contributed by atoms with van der Waals surface area (Å²) in [6, 6.07) is 2.43. The molecule has 1 N–H and O–H groups in total. The van der Waals surface area contributed by atoms with Crippen LogP contribution in [-0.4, -0.2) is 84.8 Å². The van der Waals surface area contributed by atoms with Crippen molar-refractivity contribution < 1.29 is 51.9 Å². The fourth-order valence-electron chi connectivity index (χ4n) is 4.91. The lowest BCUT2D eigenvalue weighted by Crippen LogP contribution is -2.47. The number of rotatable bonds is 18. The zero-order valence-electron chi connectivity index (χ0n) is 26.2. The van der Waals surface area contributed by atoms with Gasteiger partial charge in [-0.3, -0.25) is 19.2 Å². The van der Waals surface area contributed by atoms with Crippen LogP contribution in [0.1, 0.15) is 74.7 Å². The monoisotopic (exact) mass is 629 g/mol. The summed E-state index contributed by atoms with van der Waals surface area (Å²) in [6.45, 7) is 13.6. The minimum Gasteiger partial charge on any atom is -0.464 e. The minimum absolute atomic E-state index is 0.0522. The van der Waals surface area contributed by atoms with E-state index in [1.807, 2.05) is 0 Å². The predicted molar refractivity (Wildman–Crippen MR) is 152 cm³/mol. The Morgan fingerprint density at radius 2 is 1.60 bits per heavy atom. The highest BCUT2D eigenvalue weighted by Gasteiger charge is 2.80. The molecule has 1 fully saturated rings. The molecule has 0 saturated heterocycles. The summed E-state index contributed by atoms with van der Waals surface area (Å²) < 4.78 is 42.3. The normalized spacial score (nSPS) is 23.2.